The zero-order valence-corrected chi connectivity index (χ0v) is 16.8. The van der Waals surface area contributed by atoms with Gasteiger partial charge in [0.2, 0.25) is 0 Å². The maximum atomic E-state index is 12.7. The summed E-state index contributed by atoms with van der Waals surface area (Å²) in [6, 6.07) is 7.65. The highest BCUT2D eigenvalue weighted by molar-refractivity contribution is 5.97. The molecule has 0 aromatic heterocycles. The van der Waals surface area contributed by atoms with E-state index >= 15 is 0 Å². The predicted molar refractivity (Wildman–Crippen MR) is 108 cm³/mol. The first-order chi connectivity index (χ1) is 13.1. The van der Waals surface area contributed by atoms with Crippen LogP contribution < -0.4 is 10.1 Å². The van der Waals surface area contributed by atoms with Gasteiger partial charge in [0.25, 0.3) is 5.91 Å². The second-order valence-corrected chi connectivity index (χ2v) is 7.90. The SMILES string of the molecule is CCO[C@](C)(C(=O)Nc1ccc(OCCN2CCCCCC2)cc1)C1CC1. The summed E-state index contributed by atoms with van der Waals surface area (Å²) in [5.41, 5.74) is 0.0586. The average molecular weight is 375 g/mol. The first kappa shape index (κ1) is 20.2. The summed E-state index contributed by atoms with van der Waals surface area (Å²) in [5.74, 6) is 1.12. The third-order valence-electron chi connectivity index (χ3n) is 5.74. The molecule has 0 bridgehead atoms. The molecule has 1 heterocycles. The van der Waals surface area contributed by atoms with Gasteiger partial charge in [-0.1, -0.05) is 12.8 Å². The molecule has 1 N–H and O–H groups in total. The van der Waals surface area contributed by atoms with Crippen LogP contribution in [0.3, 0.4) is 0 Å². The molecule has 0 spiro atoms. The van der Waals surface area contributed by atoms with Gasteiger partial charge in [-0.15, -0.1) is 0 Å². The van der Waals surface area contributed by atoms with Gasteiger partial charge in [-0.2, -0.15) is 0 Å². The molecule has 1 saturated carbocycles. The van der Waals surface area contributed by atoms with E-state index in [9.17, 15) is 4.79 Å². The van der Waals surface area contributed by atoms with Crippen molar-refractivity contribution < 1.29 is 14.3 Å². The van der Waals surface area contributed by atoms with Crippen molar-refractivity contribution in [2.45, 2.75) is 58.0 Å². The fraction of sp³-hybridized carbons (Fsp3) is 0.682. The van der Waals surface area contributed by atoms with Crippen molar-refractivity contribution in [2.75, 3.05) is 38.2 Å². The van der Waals surface area contributed by atoms with Gasteiger partial charge in [0.1, 0.15) is 18.0 Å². The number of ether oxygens (including phenoxy) is 2. The summed E-state index contributed by atoms with van der Waals surface area (Å²) in [7, 11) is 0. The van der Waals surface area contributed by atoms with Gasteiger partial charge < -0.3 is 14.8 Å². The Balaban J connectivity index is 1.46. The van der Waals surface area contributed by atoms with Gasteiger partial charge in [-0.05, 0) is 82.8 Å². The fourth-order valence-corrected chi connectivity index (χ4v) is 3.84. The van der Waals surface area contributed by atoms with Gasteiger partial charge in [0, 0.05) is 18.8 Å². The van der Waals surface area contributed by atoms with E-state index in [4.69, 9.17) is 9.47 Å². The zero-order valence-electron chi connectivity index (χ0n) is 16.8. The van der Waals surface area contributed by atoms with Gasteiger partial charge in [-0.3, -0.25) is 9.69 Å². The van der Waals surface area contributed by atoms with Gasteiger partial charge in [0.05, 0.1) is 0 Å². The number of likely N-dealkylation sites (tertiary alicyclic amines) is 1. The van der Waals surface area contributed by atoms with Crippen molar-refractivity contribution in [3.63, 3.8) is 0 Å². The number of nitrogens with zero attached hydrogens (tertiary/aromatic N) is 1. The number of hydrogen-bond acceptors (Lipinski definition) is 4. The van der Waals surface area contributed by atoms with Crippen molar-refractivity contribution in [1.29, 1.82) is 0 Å². The summed E-state index contributed by atoms with van der Waals surface area (Å²) < 4.78 is 11.7. The molecule has 1 aliphatic carbocycles. The van der Waals surface area contributed by atoms with Crippen molar-refractivity contribution >= 4 is 11.6 Å². The van der Waals surface area contributed by atoms with Crippen molar-refractivity contribution in [3.8, 4) is 5.75 Å². The highest BCUT2D eigenvalue weighted by atomic mass is 16.5. The molecule has 150 valence electrons. The summed E-state index contributed by atoms with van der Waals surface area (Å²) in [4.78, 5) is 15.2. The molecule has 1 aliphatic heterocycles. The molecule has 27 heavy (non-hydrogen) atoms. The van der Waals surface area contributed by atoms with E-state index in [1.165, 1.54) is 38.8 Å². The number of amides is 1. The van der Waals surface area contributed by atoms with E-state index in [1.807, 2.05) is 38.1 Å². The Hall–Kier alpha value is -1.59. The van der Waals surface area contributed by atoms with Crippen LogP contribution in [0.15, 0.2) is 24.3 Å². The van der Waals surface area contributed by atoms with Crippen LogP contribution in [-0.4, -0.2) is 49.3 Å². The first-order valence-electron chi connectivity index (χ1n) is 10.5. The topological polar surface area (TPSA) is 50.8 Å². The Labute approximate surface area is 163 Å². The molecule has 1 saturated heterocycles. The van der Waals surface area contributed by atoms with Gasteiger partial charge in [-0.25, -0.2) is 0 Å². The Morgan fingerprint density at radius 1 is 1.15 bits per heavy atom. The lowest BCUT2D eigenvalue weighted by atomic mass is 9.99. The molecule has 2 fully saturated rings. The van der Waals surface area contributed by atoms with Crippen LogP contribution in [0.2, 0.25) is 0 Å². The van der Waals surface area contributed by atoms with Crippen LogP contribution in [0, 0.1) is 5.92 Å². The fourth-order valence-electron chi connectivity index (χ4n) is 3.84. The number of nitrogens with one attached hydrogen (secondary N) is 1. The molecule has 0 unspecified atom stereocenters. The maximum Gasteiger partial charge on any atom is 0.256 e. The minimum absolute atomic E-state index is 0.0540. The van der Waals surface area contributed by atoms with E-state index in [0.29, 0.717) is 19.1 Å². The highest BCUT2D eigenvalue weighted by Gasteiger charge is 2.48. The first-order valence-corrected chi connectivity index (χ1v) is 10.5. The lowest BCUT2D eigenvalue weighted by Gasteiger charge is -2.28. The van der Waals surface area contributed by atoms with Crippen LogP contribution in [0.5, 0.6) is 5.75 Å². The van der Waals surface area contributed by atoms with E-state index in [-0.39, 0.29) is 5.91 Å². The third-order valence-corrected chi connectivity index (χ3v) is 5.74. The monoisotopic (exact) mass is 374 g/mol. The molecule has 5 nitrogen and oxygen atoms in total. The van der Waals surface area contributed by atoms with Crippen molar-refractivity contribution in [3.05, 3.63) is 24.3 Å². The minimum Gasteiger partial charge on any atom is -0.492 e. The van der Waals surface area contributed by atoms with Gasteiger partial charge >= 0.3 is 0 Å². The lowest BCUT2D eigenvalue weighted by molar-refractivity contribution is -0.141. The lowest BCUT2D eigenvalue weighted by Crippen LogP contribution is -2.44. The Bertz CT molecular complexity index is 592. The number of carbonyl (C=O) groups excluding carboxylic acids is 1. The largest absolute Gasteiger partial charge is 0.492 e. The summed E-state index contributed by atoms with van der Waals surface area (Å²) in [5, 5.41) is 3.00. The van der Waals surface area contributed by atoms with E-state index in [0.717, 1.165) is 30.8 Å². The number of rotatable bonds is 9. The van der Waals surface area contributed by atoms with Crippen LogP contribution in [-0.2, 0) is 9.53 Å². The number of anilines is 1. The van der Waals surface area contributed by atoms with Crippen LogP contribution in [0.1, 0.15) is 52.4 Å². The third kappa shape index (κ3) is 5.69. The van der Waals surface area contributed by atoms with E-state index in [2.05, 4.69) is 10.2 Å². The summed E-state index contributed by atoms with van der Waals surface area (Å²) in [6.07, 6.45) is 7.44. The quantitative estimate of drug-likeness (QED) is 0.707. The zero-order chi connectivity index (χ0) is 19.1. The normalized spacial score (nSPS) is 20.5. The predicted octanol–water partition coefficient (Wildman–Crippen LogP) is 4.09. The number of hydrogen-bond donors (Lipinski definition) is 1. The molecule has 1 aromatic carbocycles. The summed E-state index contributed by atoms with van der Waals surface area (Å²) >= 11 is 0. The Morgan fingerprint density at radius 2 is 1.81 bits per heavy atom. The number of carbonyl (C=O) groups is 1. The molecule has 1 aromatic rings. The van der Waals surface area contributed by atoms with Crippen LogP contribution in [0.25, 0.3) is 0 Å². The molecule has 2 aliphatic rings. The van der Waals surface area contributed by atoms with Crippen LogP contribution >= 0.6 is 0 Å². The van der Waals surface area contributed by atoms with E-state index in [1.54, 1.807) is 0 Å². The molecule has 1 atom stereocenters. The second-order valence-electron chi connectivity index (χ2n) is 7.90. The van der Waals surface area contributed by atoms with Crippen molar-refractivity contribution in [2.24, 2.45) is 5.92 Å². The molecule has 1 amide bonds. The molecular weight excluding hydrogens is 340 g/mol. The molecular formula is C22H34N2O3. The number of benzene rings is 1. The van der Waals surface area contributed by atoms with Gasteiger partial charge in [0.15, 0.2) is 0 Å². The molecule has 3 rings (SSSR count). The Kier molecular flexibility index (Phi) is 7.13. The summed E-state index contributed by atoms with van der Waals surface area (Å²) in [6.45, 7) is 8.45. The van der Waals surface area contributed by atoms with E-state index < -0.39 is 5.60 Å². The smallest absolute Gasteiger partial charge is 0.256 e. The van der Waals surface area contributed by atoms with Crippen LogP contribution in [0.4, 0.5) is 5.69 Å². The molecule has 5 heteroatoms. The second kappa shape index (κ2) is 9.56. The maximum absolute atomic E-state index is 12.7. The Morgan fingerprint density at radius 3 is 2.41 bits per heavy atom. The minimum atomic E-state index is -0.725. The highest BCUT2D eigenvalue weighted by Crippen LogP contribution is 2.42. The average Bonchev–Trinajstić information content (AvgIpc) is 3.51. The molecule has 0 radical (unpaired) electrons. The standard InChI is InChI=1S/C22H34N2O3/c1-3-27-22(2,18-8-9-18)21(25)23-19-10-12-20(13-11-19)26-17-16-24-14-6-4-5-7-15-24/h10-13,18H,3-9,14-17H2,1-2H3,(H,23,25)/t22-/m0/s1. The van der Waals surface area contributed by atoms with Crippen molar-refractivity contribution in [1.82, 2.24) is 4.90 Å².